The van der Waals surface area contributed by atoms with Gasteiger partial charge in [0.25, 0.3) is 0 Å². The van der Waals surface area contributed by atoms with Crippen LogP contribution in [0.4, 0.5) is 0 Å². The second-order valence-corrected chi connectivity index (χ2v) is 7.10. The Kier molecular flexibility index (Phi) is 3.92. The predicted molar refractivity (Wildman–Crippen MR) is 82.8 cm³/mol. The normalized spacial score (nSPS) is 19.6. The van der Waals surface area contributed by atoms with Crippen molar-refractivity contribution in [3.05, 3.63) is 34.9 Å². The largest absolute Gasteiger partial charge is 0.347 e. The Labute approximate surface area is 122 Å². The number of rotatable bonds is 1. The van der Waals surface area contributed by atoms with Crippen LogP contribution in [0.1, 0.15) is 37.5 Å². The van der Waals surface area contributed by atoms with Crippen LogP contribution in [0.25, 0.3) is 0 Å². The first kappa shape index (κ1) is 15.0. The summed E-state index contributed by atoms with van der Waals surface area (Å²) < 4.78 is 0. The van der Waals surface area contributed by atoms with Gasteiger partial charge in [0, 0.05) is 20.6 Å². The molecule has 0 saturated heterocycles. The van der Waals surface area contributed by atoms with E-state index in [-0.39, 0.29) is 17.4 Å². The van der Waals surface area contributed by atoms with Crippen LogP contribution >= 0.6 is 0 Å². The lowest BCUT2D eigenvalue weighted by molar-refractivity contribution is -0.134. The first-order valence-electron chi connectivity index (χ1n) is 7.24. The minimum absolute atomic E-state index is 0.0296. The van der Waals surface area contributed by atoms with Gasteiger partial charge in [-0.1, -0.05) is 39.0 Å². The zero-order chi connectivity index (χ0) is 15.1. The van der Waals surface area contributed by atoms with Crippen LogP contribution in [0.15, 0.2) is 18.2 Å². The molecule has 1 aliphatic rings. The molecule has 20 heavy (non-hydrogen) atoms. The Morgan fingerprint density at radius 3 is 2.45 bits per heavy atom. The van der Waals surface area contributed by atoms with E-state index in [1.165, 1.54) is 16.7 Å². The van der Waals surface area contributed by atoms with Crippen molar-refractivity contribution in [3.8, 4) is 0 Å². The molecule has 0 bridgehead atoms. The Hall–Kier alpha value is -1.35. The number of hydrogen-bond donors (Lipinski definition) is 0. The molecule has 1 aromatic rings. The molecule has 0 radical (unpaired) electrons. The number of benzene rings is 1. The number of hydrogen-bond acceptors (Lipinski definition) is 2. The fourth-order valence-electron chi connectivity index (χ4n) is 2.76. The molecule has 1 aliphatic heterocycles. The lowest BCUT2D eigenvalue weighted by Gasteiger charge is -2.35. The van der Waals surface area contributed by atoms with Crippen molar-refractivity contribution in [2.24, 2.45) is 0 Å². The minimum atomic E-state index is -0.0296. The molecule has 1 aromatic carbocycles. The van der Waals surface area contributed by atoms with E-state index in [4.69, 9.17) is 0 Å². The summed E-state index contributed by atoms with van der Waals surface area (Å²) in [5.74, 6) is 0.193. The summed E-state index contributed by atoms with van der Waals surface area (Å²) >= 11 is 0. The van der Waals surface area contributed by atoms with Crippen LogP contribution in [0.3, 0.4) is 0 Å². The summed E-state index contributed by atoms with van der Waals surface area (Å²) in [5, 5.41) is 0. The van der Waals surface area contributed by atoms with Gasteiger partial charge in [-0.3, -0.25) is 9.69 Å². The monoisotopic (exact) mass is 274 g/mol. The molecule has 0 N–H and O–H groups in total. The zero-order valence-electron chi connectivity index (χ0n) is 13.5. The highest BCUT2D eigenvalue weighted by Crippen LogP contribution is 2.29. The van der Waals surface area contributed by atoms with Crippen LogP contribution < -0.4 is 0 Å². The molecule has 0 saturated carbocycles. The van der Waals surface area contributed by atoms with Crippen molar-refractivity contribution < 1.29 is 4.79 Å². The van der Waals surface area contributed by atoms with Gasteiger partial charge in [0.2, 0.25) is 5.91 Å². The molecule has 3 heteroatoms. The molecule has 0 spiro atoms. The third-order valence-corrected chi connectivity index (χ3v) is 4.16. The quantitative estimate of drug-likeness (QED) is 0.785. The van der Waals surface area contributed by atoms with Crippen molar-refractivity contribution in [1.82, 2.24) is 9.80 Å². The van der Waals surface area contributed by atoms with E-state index in [1.807, 2.05) is 21.1 Å². The van der Waals surface area contributed by atoms with Gasteiger partial charge in [-0.05, 0) is 35.6 Å². The first-order chi connectivity index (χ1) is 9.20. The lowest BCUT2D eigenvalue weighted by Crippen LogP contribution is -2.48. The van der Waals surface area contributed by atoms with Gasteiger partial charge >= 0.3 is 0 Å². The molecule has 0 aliphatic carbocycles. The number of carbonyl (C=O) groups is 1. The van der Waals surface area contributed by atoms with Crippen LogP contribution in [-0.2, 0) is 23.2 Å². The molecular formula is C17H26N2O. The van der Waals surface area contributed by atoms with Gasteiger partial charge < -0.3 is 4.90 Å². The van der Waals surface area contributed by atoms with Gasteiger partial charge in [0.15, 0.2) is 0 Å². The third-order valence-electron chi connectivity index (χ3n) is 4.16. The Morgan fingerprint density at radius 2 is 1.90 bits per heavy atom. The van der Waals surface area contributed by atoms with Crippen LogP contribution in [0.5, 0.6) is 0 Å². The van der Waals surface area contributed by atoms with Crippen LogP contribution in [0, 0.1) is 0 Å². The third kappa shape index (κ3) is 2.88. The van der Waals surface area contributed by atoms with E-state index in [1.54, 1.807) is 4.90 Å². The highest BCUT2D eigenvalue weighted by atomic mass is 16.2. The van der Waals surface area contributed by atoms with Gasteiger partial charge in [-0.25, -0.2) is 0 Å². The zero-order valence-corrected chi connectivity index (χ0v) is 13.5. The Balaban J connectivity index is 2.30. The fraction of sp³-hybridized carbons (Fsp3) is 0.588. The standard InChI is InChI=1S/C17H26N2O/c1-17(2,3)14-8-7-12-10-15(16(20)18(4)5)19(6)11-13(12)9-14/h7-9,15H,10-11H2,1-6H3. The van der Waals surface area contributed by atoms with Crippen molar-refractivity contribution in [1.29, 1.82) is 0 Å². The maximum Gasteiger partial charge on any atom is 0.239 e. The van der Waals surface area contributed by atoms with Gasteiger partial charge in [0.1, 0.15) is 0 Å². The second kappa shape index (κ2) is 5.21. The lowest BCUT2D eigenvalue weighted by atomic mass is 9.83. The Morgan fingerprint density at radius 1 is 1.25 bits per heavy atom. The average Bonchev–Trinajstić information content (AvgIpc) is 2.35. The number of nitrogens with zero attached hydrogens (tertiary/aromatic N) is 2. The number of amides is 1. The van der Waals surface area contributed by atoms with Crippen LogP contribution in [-0.4, -0.2) is 42.9 Å². The smallest absolute Gasteiger partial charge is 0.239 e. The number of carbonyl (C=O) groups excluding carboxylic acids is 1. The van der Waals surface area contributed by atoms with E-state index >= 15 is 0 Å². The number of fused-ring (bicyclic) bond motifs is 1. The summed E-state index contributed by atoms with van der Waals surface area (Å²) in [6.07, 6.45) is 0.813. The van der Waals surface area contributed by atoms with E-state index in [0.29, 0.717) is 0 Å². The Bertz CT molecular complexity index is 514. The maximum atomic E-state index is 12.2. The predicted octanol–water partition coefficient (Wildman–Crippen LogP) is 2.43. The summed E-state index contributed by atoms with van der Waals surface area (Å²) in [6, 6.07) is 6.69. The minimum Gasteiger partial charge on any atom is -0.347 e. The topological polar surface area (TPSA) is 23.6 Å². The second-order valence-electron chi connectivity index (χ2n) is 7.10. The van der Waals surface area contributed by atoms with E-state index in [2.05, 4.69) is 43.9 Å². The summed E-state index contributed by atoms with van der Waals surface area (Å²) in [6.45, 7) is 7.56. The van der Waals surface area contributed by atoms with E-state index in [9.17, 15) is 4.79 Å². The van der Waals surface area contributed by atoms with Crippen LogP contribution in [0.2, 0.25) is 0 Å². The molecule has 0 fully saturated rings. The average molecular weight is 274 g/mol. The molecule has 2 rings (SSSR count). The fourth-order valence-corrected chi connectivity index (χ4v) is 2.76. The van der Waals surface area contributed by atoms with Gasteiger partial charge in [-0.15, -0.1) is 0 Å². The molecular weight excluding hydrogens is 248 g/mol. The molecule has 1 atom stereocenters. The first-order valence-corrected chi connectivity index (χ1v) is 7.24. The van der Waals surface area contributed by atoms with Gasteiger partial charge in [-0.2, -0.15) is 0 Å². The highest BCUT2D eigenvalue weighted by Gasteiger charge is 2.30. The molecule has 110 valence electrons. The molecule has 3 nitrogen and oxygen atoms in total. The van der Waals surface area contributed by atoms with Crippen molar-refractivity contribution in [2.45, 2.75) is 45.2 Å². The maximum absolute atomic E-state index is 12.2. The molecule has 1 unspecified atom stereocenters. The van der Waals surface area contributed by atoms with Crippen molar-refractivity contribution >= 4 is 5.91 Å². The highest BCUT2D eigenvalue weighted by molar-refractivity contribution is 5.82. The summed E-state index contributed by atoms with van der Waals surface area (Å²) in [7, 11) is 5.70. The van der Waals surface area contributed by atoms with Gasteiger partial charge in [0.05, 0.1) is 6.04 Å². The summed E-state index contributed by atoms with van der Waals surface area (Å²) in [4.78, 5) is 16.1. The molecule has 1 amide bonds. The molecule has 0 aromatic heterocycles. The summed E-state index contributed by atoms with van der Waals surface area (Å²) in [5.41, 5.74) is 4.21. The van der Waals surface area contributed by atoms with Crippen molar-refractivity contribution in [2.75, 3.05) is 21.1 Å². The van der Waals surface area contributed by atoms with Crippen molar-refractivity contribution in [3.63, 3.8) is 0 Å². The SMILES string of the molecule is CN(C)C(=O)C1Cc2ccc(C(C)(C)C)cc2CN1C. The van der Waals surface area contributed by atoms with E-state index < -0.39 is 0 Å². The molecule has 1 heterocycles. The number of likely N-dealkylation sites (N-methyl/N-ethyl adjacent to an activating group) is 2. The van der Waals surface area contributed by atoms with E-state index in [0.717, 1.165) is 13.0 Å².